The number of allylic oxidation sites excluding steroid dienone is 6. The minimum atomic E-state index is -0.672. The molecule has 0 spiro atoms. The molecule has 0 saturated heterocycles. The molecule has 3 heteroatoms. The van der Waals surface area contributed by atoms with Gasteiger partial charge in [-0.3, -0.25) is 0 Å². The van der Waals surface area contributed by atoms with Gasteiger partial charge in [0.15, 0.2) is 0 Å². The summed E-state index contributed by atoms with van der Waals surface area (Å²) in [6, 6.07) is 0. The first-order chi connectivity index (χ1) is 11.8. The predicted molar refractivity (Wildman–Crippen MR) is 109 cm³/mol. The molecule has 0 heterocycles. The fraction of sp³-hybridized carbons (Fsp3) is 0.636. The third kappa shape index (κ3) is 11.7. The number of hydrogen-bond donors (Lipinski definition) is 1. The molecule has 0 aromatic rings. The average molecular weight is 348 g/mol. The first kappa shape index (κ1) is 23.5. The maximum Gasteiger partial charge on any atom is 0.110 e. The van der Waals surface area contributed by atoms with Crippen molar-refractivity contribution in [1.29, 1.82) is 0 Å². The van der Waals surface area contributed by atoms with Crippen LogP contribution in [0.2, 0.25) is 0 Å². The van der Waals surface area contributed by atoms with Crippen molar-refractivity contribution in [3.8, 4) is 0 Å². The van der Waals surface area contributed by atoms with E-state index >= 15 is 0 Å². The Morgan fingerprint density at radius 1 is 1.04 bits per heavy atom. The summed E-state index contributed by atoms with van der Waals surface area (Å²) in [7, 11) is 0. The van der Waals surface area contributed by atoms with Crippen molar-refractivity contribution in [2.45, 2.75) is 92.6 Å². The lowest BCUT2D eigenvalue weighted by atomic mass is 9.99. The standard InChI is InChI=1S/C22H37NO2/c1-7-8-9-12-19(5)16-22(23-25)21(20(6)24)15-14-18(4)13-10-11-17(2)3/h11,14,16,20,24H,7-10,12-13,15H2,1-6H3/b18-14+,19-16+,22-21+. The normalized spacial score (nSPS) is 14.8. The highest BCUT2D eigenvalue weighted by Crippen LogP contribution is 2.21. The molecule has 1 N–H and O–H groups in total. The van der Waals surface area contributed by atoms with Gasteiger partial charge in [0.2, 0.25) is 0 Å². The third-order valence-corrected chi connectivity index (χ3v) is 4.25. The van der Waals surface area contributed by atoms with Gasteiger partial charge in [0, 0.05) is 0 Å². The molecule has 0 aromatic carbocycles. The SMILES string of the molecule is CCCCC/C(C)=C/C(N=O)=C(/C/C=C(\C)CCC=C(C)C)C(C)O. The van der Waals surface area contributed by atoms with Crippen molar-refractivity contribution < 1.29 is 5.11 Å². The quantitative estimate of drug-likeness (QED) is 0.179. The number of aliphatic hydroxyl groups excluding tert-OH is 1. The zero-order chi connectivity index (χ0) is 19.2. The van der Waals surface area contributed by atoms with Gasteiger partial charge in [0.25, 0.3) is 0 Å². The van der Waals surface area contributed by atoms with Gasteiger partial charge in [-0.25, -0.2) is 0 Å². The van der Waals surface area contributed by atoms with Crippen LogP contribution < -0.4 is 0 Å². The lowest BCUT2D eigenvalue weighted by Gasteiger charge is -2.11. The van der Waals surface area contributed by atoms with Crippen molar-refractivity contribution in [2.24, 2.45) is 5.18 Å². The van der Waals surface area contributed by atoms with E-state index in [2.05, 4.69) is 45.0 Å². The molecular weight excluding hydrogens is 310 g/mol. The molecule has 0 aliphatic carbocycles. The van der Waals surface area contributed by atoms with E-state index in [1.165, 1.54) is 24.0 Å². The van der Waals surface area contributed by atoms with Crippen LogP contribution in [0.3, 0.4) is 0 Å². The van der Waals surface area contributed by atoms with Gasteiger partial charge < -0.3 is 5.11 Å². The Kier molecular flexibility index (Phi) is 13.0. The molecule has 0 aliphatic heterocycles. The summed E-state index contributed by atoms with van der Waals surface area (Å²) < 4.78 is 0. The summed E-state index contributed by atoms with van der Waals surface area (Å²) in [5.41, 5.74) is 4.83. The van der Waals surface area contributed by atoms with E-state index in [-0.39, 0.29) is 0 Å². The zero-order valence-corrected chi connectivity index (χ0v) is 17.1. The fourth-order valence-corrected chi connectivity index (χ4v) is 2.60. The topological polar surface area (TPSA) is 49.7 Å². The highest BCUT2D eigenvalue weighted by Gasteiger charge is 2.11. The number of unbranched alkanes of at least 4 members (excludes halogenated alkanes) is 2. The Labute approximate surface area is 154 Å². The number of hydrogen-bond acceptors (Lipinski definition) is 3. The molecule has 0 bridgehead atoms. The molecule has 0 aliphatic rings. The smallest absolute Gasteiger partial charge is 0.110 e. The number of nitrogens with zero attached hydrogens (tertiary/aromatic N) is 1. The van der Waals surface area contributed by atoms with E-state index in [1.54, 1.807) is 6.92 Å². The third-order valence-electron chi connectivity index (χ3n) is 4.25. The van der Waals surface area contributed by atoms with Gasteiger partial charge in [0.05, 0.1) is 6.10 Å². The summed E-state index contributed by atoms with van der Waals surface area (Å²) in [4.78, 5) is 11.3. The minimum absolute atomic E-state index is 0.386. The summed E-state index contributed by atoms with van der Waals surface area (Å²) >= 11 is 0. The van der Waals surface area contributed by atoms with E-state index in [4.69, 9.17) is 0 Å². The Bertz CT molecular complexity index is 518. The first-order valence-electron chi connectivity index (χ1n) is 9.52. The van der Waals surface area contributed by atoms with Crippen LogP contribution in [0.1, 0.15) is 86.5 Å². The van der Waals surface area contributed by atoms with E-state index in [9.17, 15) is 10.0 Å². The van der Waals surface area contributed by atoms with Gasteiger partial charge >= 0.3 is 0 Å². The van der Waals surface area contributed by atoms with Crippen LogP contribution in [0.15, 0.2) is 51.4 Å². The summed E-state index contributed by atoms with van der Waals surface area (Å²) in [5.74, 6) is 0. The van der Waals surface area contributed by atoms with Crippen molar-refractivity contribution >= 4 is 0 Å². The highest BCUT2D eigenvalue weighted by atomic mass is 16.3. The van der Waals surface area contributed by atoms with E-state index < -0.39 is 6.10 Å². The molecule has 0 saturated carbocycles. The van der Waals surface area contributed by atoms with Crippen LogP contribution in [0.4, 0.5) is 0 Å². The second-order valence-corrected chi connectivity index (χ2v) is 7.20. The van der Waals surface area contributed by atoms with Gasteiger partial charge in [-0.05, 0) is 83.5 Å². The van der Waals surface area contributed by atoms with Crippen molar-refractivity contribution in [1.82, 2.24) is 0 Å². The first-order valence-corrected chi connectivity index (χ1v) is 9.52. The molecular formula is C22H37NO2. The van der Waals surface area contributed by atoms with Crippen LogP contribution in [0.5, 0.6) is 0 Å². The van der Waals surface area contributed by atoms with Crippen molar-refractivity contribution in [3.05, 3.63) is 51.1 Å². The Hall–Kier alpha value is -1.48. The second kappa shape index (κ2) is 13.8. The lowest BCUT2D eigenvalue weighted by Crippen LogP contribution is -2.06. The maximum absolute atomic E-state index is 11.3. The second-order valence-electron chi connectivity index (χ2n) is 7.20. The maximum atomic E-state index is 11.3. The van der Waals surface area contributed by atoms with Gasteiger partial charge in [-0.15, -0.1) is 4.91 Å². The number of rotatable bonds is 12. The molecule has 1 atom stereocenters. The van der Waals surface area contributed by atoms with E-state index in [0.29, 0.717) is 17.7 Å². The molecule has 0 rings (SSSR count). The predicted octanol–water partition coefficient (Wildman–Crippen LogP) is 7.00. The van der Waals surface area contributed by atoms with Crippen LogP contribution in [0, 0.1) is 4.91 Å². The molecule has 0 fully saturated rings. The fourth-order valence-electron chi connectivity index (χ4n) is 2.60. The van der Waals surface area contributed by atoms with Crippen molar-refractivity contribution in [2.75, 3.05) is 0 Å². The zero-order valence-electron chi connectivity index (χ0n) is 17.1. The molecule has 25 heavy (non-hydrogen) atoms. The summed E-state index contributed by atoms with van der Waals surface area (Å²) in [5, 5.41) is 13.3. The van der Waals surface area contributed by atoms with Crippen LogP contribution in [-0.2, 0) is 0 Å². The summed E-state index contributed by atoms with van der Waals surface area (Å²) in [6.45, 7) is 12.2. The van der Waals surface area contributed by atoms with E-state index in [0.717, 1.165) is 31.3 Å². The van der Waals surface area contributed by atoms with Crippen LogP contribution >= 0.6 is 0 Å². The Morgan fingerprint density at radius 2 is 1.72 bits per heavy atom. The minimum Gasteiger partial charge on any atom is -0.389 e. The van der Waals surface area contributed by atoms with E-state index in [1.807, 2.05) is 13.0 Å². The summed E-state index contributed by atoms with van der Waals surface area (Å²) in [6.07, 6.45) is 12.5. The molecule has 1 unspecified atom stereocenters. The Morgan fingerprint density at radius 3 is 2.24 bits per heavy atom. The molecule has 0 amide bonds. The van der Waals surface area contributed by atoms with Gasteiger partial charge in [-0.2, -0.15) is 0 Å². The highest BCUT2D eigenvalue weighted by molar-refractivity contribution is 5.31. The van der Waals surface area contributed by atoms with Crippen LogP contribution in [-0.4, -0.2) is 11.2 Å². The number of aliphatic hydroxyl groups is 1. The largest absolute Gasteiger partial charge is 0.389 e. The van der Waals surface area contributed by atoms with Gasteiger partial charge in [-0.1, -0.05) is 48.6 Å². The molecule has 0 aromatic heterocycles. The average Bonchev–Trinajstić information content (AvgIpc) is 2.53. The Balaban J connectivity index is 5.12. The molecule has 3 nitrogen and oxygen atoms in total. The van der Waals surface area contributed by atoms with Crippen LogP contribution in [0.25, 0.3) is 0 Å². The van der Waals surface area contributed by atoms with Crippen molar-refractivity contribution in [3.63, 3.8) is 0 Å². The number of nitroso groups, excluding NO2 is 1. The monoisotopic (exact) mass is 347 g/mol. The van der Waals surface area contributed by atoms with Gasteiger partial charge in [0.1, 0.15) is 5.70 Å². The molecule has 0 radical (unpaired) electrons. The molecule has 142 valence electrons. The lowest BCUT2D eigenvalue weighted by molar-refractivity contribution is 0.228.